The van der Waals surface area contributed by atoms with Gasteiger partial charge in [0.2, 0.25) is 0 Å². The molecule has 298 valence electrons. The number of pyridine rings is 2. The summed E-state index contributed by atoms with van der Waals surface area (Å²) in [7, 11) is 0. The first-order chi connectivity index (χ1) is 31.8. The molecule has 0 bridgehead atoms. The summed E-state index contributed by atoms with van der Waals surface area (Å²) in [5, 5.41) is 4.80. The van der Waals surface area contributed by atoms with Crippen LogP contribution in [0.2, 0.25) is 0 Å². The van der Waals surface area contributed by atoms with Gasteiger partial charge in [-0.05, 0) is 137 Å². The Labute approximate surface area is 372 Å². The maximum atomic E-state index is 5.27. The van der Waals surface area contributed by atoms with Gasteiger partial charge in [-0.15, -0.1) is 0 Å². The van der Waals surface area contributed by atoms with Crippen molar-refractivity contribution in [3.63, 3.8) is 0 Å². The zero-order chi connectivity index (χ0) is 42.2. The Hall–Kier alpha value is -8.40. The molecule has 0 unspecified atom stereocenters. The van der Waals surface area contributed by atoms with Crippen molar-refractivity contribution in [2.45, 2.75) is 5.41 Å². The molecule has 3 heteroatoms. The SMILES string of the molecule is c1ccc(-c2ccc3c(-c4ccc(-c5ccc6c(c5)-c5ccccc5C65c6ccccc6N(c6ccccc6)c6ccccc65)nc4)c4ccccc4c(-c4ccncc4)c3c2)cc1. The van der Waals surface area contributed by atoms with E-state index in [-0.39, 0.29) is 0 Å². The number of hydrogen-bond donors (Lipinski definition) is 0. The highest BCUT2D eigenvalue weighted by Crippen LogP contribution is 2.63. The molecule has 0 radical (unpaired) electrons. The first-order valence-electron chi connectivity index (χ1n) is 22.0. The molecular weight excluding hydrogens is 775 g/mol. The molecule has 13 rings (SSSR count). The first kappa shape index (κ1) is 36.3. The third kappa shape index (κ3) is 5.28. The highest BCUT2D eigenvalue weighted by molar-refractivity contribution is 6.22. The molecule has 1 aliphatic carbocycles. The standard InChI is InChI=1S/C61H39N3/c1-3-15-40(16-4-1)42-27-30-49-51(37-42)59(41-33-35-62-36-34-41)47-20-7-8-21-48(47)60(49)44-29-32-56(63-39-44)43-28-31-53-50(38-43)46-19-9-10-22-52(46)61(53)54-23-11-13-25-57(54)64(45-17-5-2-6-18-45)58-26-14-12-24-55(58)61/h1-39H. The maximum absolute atomic E-state index is 5.27. The number of aromatic nitrogens is 2. The van der Waals surface area contributed by atoms with E-state index in [1.165, 1.54) is 88.6 Å². The van der Waals surface area contributed by atoms with Crippen LogP contribution in [0.1, 0.15) is 22.3 Å². The van der Waals surface area contributed by atoms with Crippen LogP contribution in [0, 0.1) is 0 Å². The van der Waals surface area contributed by atoms with Crippen LogP contribution in [0.15, 0.2) is 237 Å². The van der Waals surface area contributed by atoms with Crippen molar-refractivity contribution in [1.29, 1.82) is 0 Å². The van der Waals surface area contributed by atoms with Crippen molar-refractivity contribution in [2.24, 2.45) is 0 Å². The van der Waals surface area contributed by atoms with Gasteiger partial charge in [-0.2, -0.15) is 0 Å². The number of fused-ring (bicyclic) bond motifs is 11. The molecule has 1 aliphatic heterocycles. The largest absolute Gasteiger partial charge is 0.310 e. The van der Waals surface area contributed by atoms with Crippen molar-refractivity contribution >= 4 is 38.6 Å². The summed E-state index contributed by atoms with van der Waals surface area (Å²) in [6.45, 7) is 0. The van der Waals surface area contributed by atoms with E-state index in [4.69, 9.17) is 4.98 Å². The number of para-hydroxylation sites is 3. The smallest absolute Gasteiger partial charge is 0.0754 e. The van der Waals surface area contributed by atoms with Gasteiger partial charge in [-0.1, -0.05) is 164 Å². The average Bonchev–Trinajstić information content (AvgIpc) is 3.66. The molecule has 0 fully saturated rings. The van der Waals surface area contributed by atoms with Gasteiger partial charge in [0.1, 0.15) is 0 Å². The summed E-state index contributed by atoms with van der Waals surface area (Å²) in [6.07, 6.45) is 5.84. The molecule has 0 atom stereocenters. The van der Waals surface area contributed by atoms with E-state index >= 15 is 0 Å². The van der Waals surface area contributed by atoms with Gasteiger partial charge in [0.15, 0.2) is 0 Å². The molecular formula is C61H39N3. The fourth-order valence-corrected chi connectivity index (χ4v) is 11.0. The molecule has 3 heterocycles. The van der Waals surface area contributed by atoms with Crippen LogP contribution in [0.5, 0.6) is 0 Å². The second-order valence-corrected chi connectivity index (χ2v) is 16.9. The minimum atomic E-state index is -0.495. The lowest BCUT2D eigenvalue weighted by Gasteiger charge is -2.45. The van der Waals surface area contributed by atoms with E-state index < -0.39 is 5.41 Å². The summed E-state index contributed by atoms with van der Waals surface area (Å²) < 4.78 is 0. The number of rotatable bonds is 5. The fraction of sp³-hybridized carbons (Fsp3) is 0.0164. The Morgan fingerprint density at radius 1 is 0.344 bits per heavy atom. The minimum Gasteiger partial charge on any atom is -0.310 e. The van der Waals surface area contributed by atoms with Crippen LogP contribution in [-0.4, -0.2) is 9.97 Å². The second-order valence-electron chi connectivity index (χ2n) is 16.9. The summed E-state index contributed by atoms with van der Waals surface area (Å²) in [4.78, 5) is 12.1. The van der Waals surface area contributed by atoms with Crippen LogP contribution in [0.4, 0.5) is 17.1 Å². The number of benzene rings is 9. The molecule has 64 heavy (non-hydrogen) atoms. The lowest BCUT2D eigenvalue weighted by Crippen LogP contribution is -2.36. The van der Waals surface area contributed by atoms with Crippen molar-refractivity contribution < 1.29 is 0 Å². The third-order valence-electron chi connectivity index (χ3n) is 13.6. The van der Waals surface area contributed by atoms with Crippen molar-refractivity contribution in [1.82, 2.24) is 9.97 Å². The van der Waals surface area contributed by atoms with E-state index in [2.05, 4.69) is 234 Å². The normalized spacial score (nSPS) is 13.1. The van der Waals surface area contributed by atoms with E-state index in [1.54, 1.807) is 0 Å². The zero-order valence-corrected chi connectivity index (χ0v) is 34.9. The van der Waals surface area contributed by atoms with Gasteiger partial charge in [0.05, 0.1) is 22.5 Å². The predicted molar refractivity (Wildman–Crippen MR) is 264 cm³/mol. The van der Waals surface area contributed by atoms with E-state index in [9.17, 15) is 0 Å². The lowest BCUT2D eigenvalue weighted by atomic mass is 9.64. The molecule has 0 N–H and O–H groups in total. The Kier molecular flexibility index (Phi) is 8.13. The molecule has 0 saturated carbocycles. The lowest BCUT2D eigenvalue weighted by molar-refractivity contribution is 0.752. The van der Waals surface area contributed by atoms with Crippen LogP contribution in [0.25, 0.3) is 77.3 Å². The quantitative estimate of drug-likeness (QED) is 0.162. The third-order valence-corrected chi connectivity index (χ3v) is 13.6. The van der Waals surface area contributed by atoms with Gasteiger partial charge in [0.25, 0.3) is 0 Å². The summed E-state index contributed by atoms with van der Waals surface area (Å²) in [6, 6.07) is 79.8. The molecule has 11 aromatic rings. The minimum absolute atomic E-state index is 0.495. The van der Waals surface area contributed by atoms with Crippen molar-refractivity contribution in [3.8, 4) is 55.8 Å². The fourth-order valence-electron chi connectivity index (χ4n) is 11.0. The monoisotopic (exact) mass is 813 g/mol. The second kappa shape index (κ2) is 14.3. The van der Waals surface area contributed by atoms with E-state index in [1.807, 2.05) is 12.4 Å². The van der Waals surface area contributed by atoms with E-state index in [0.29, 0.717) is 0 Å². The first-order valence-corrected chi connectivity index (χ1v) is 22.0. The maximum Gasteiger partial charge on any atom is 0.0754 e. The van der Waals surface area contributed by atoms with Gasteiger partial charge in [-0.25, -0.2) is 0 Å². The molecule has 1 spiro atoms. The molecule has 9 aromatic carbocycles. The van der Waals surface area contributed by atoms with Crippen LogP contribution >= 0.6 is 0 Å². The topological polar surface area (TPSA) is 29.0 Å². The number of nitrogens with zero attached hydrogens (tertiary/aromatic N) is 3. The molecule has 2 aromatic heterocycles. The van der Waals surface area contributed by atoms with Gasteiger partial charge < -0.3 is 4.90 Å². The van der Waals surface area contributed by atoms with Crippen LogP contribution < -0.4 is 4.90 Å². The molecule has 0 amide bonds. The van der Waals surface area contributed by atoms with Gasteiger partial charge in [-0.3, -0.25) is 9.97 Å². The summed E-state index contributed by atoms with van der Waals surface area (Å²) in [5.74, 6) is 0. The predicted octanol–water partition coefficient (Wildman–Crippen LogP) is 15.6. The van der Waals surface area contributed by atoms with Crippen molar-refractivity contribution in [3.05, 3.63) is 259 Å². The Morgan fingerprint density at radius 2 is 0.906 bits per heavy atom. The molecule has 2 aliphatic rings. The van der Waals surface area contributed by atoms with Gasteiger partial charge >= 0.3 is 0 Å². The van der Waals surface area contributed by atoms with Crippen LogP contribution in [-0.2, 0) is 5.41 Å². The summed E-state index contributed by atoms with van der Waals surface area (Å²) in [5.41, 5.74) is 19.8. The molecule has 3 nitrogen and oxygen atoms in total. The average molecular weight is 814 g/mol. The highest BCUT2D eigenvalue weighted by Gasteiger charge is 2.51. The summed E-state index contributed by atoms with van der Waals surface area (Å²) >= 11 is 0. The number of anilines is 3. The molecule has 0 saturated heterocycles. The van der Waals surface area contributed by atoms with Crippen LogP contribution in [0.3, 0.4) is 0 Å². The van der Waals surface area contributed by atoms with Crippen molar-refractivity contribution in [2.75, 3.05) is 4.90 Å². The van der Waals surface area contributed by atoms with E-state index in [0.717, 1.165) is 28.1 Å². The Bertz CT molecular complexity index is 3550. The Morgan fingerprint density at radius 3 is 1.61 bits per heavy atom. The highest BCUT2D eigenvalue weighted by atomic mass is 15.2. The number of hydrogen-bond acceptors (Lipinski definition) is 3. The van der Waals surface area contributed by atoms with Gasteiger partial charge in [0, 0.05) is 35.4 Å². The Balaban J connectivity index is 0.970. The zero-order valence-electron chi connectivity index (χ0n) is 34.9.